The average Bonchev–Trinajstić information content (AvgIpc) is 2.95. The summed E-state index contributed by atoms with van der Waals surface area (Å²) in [5.74, 6) is 0.301. The van der Waals surface area contributed by atoms with E-state index < -0.39 is 0 Å². The Hall–Kier alpha value is -2.04. The molecule has 5 heteroatoms. The van der Waals surface area contributed by atoms with Gasteiger partial charge in [-0.25, -0.2) is 0 Å². The summed E-state index contributed by atoms with van der Waals surface area (Å²) in [5, 5.41) is 0. The third-order valence-corrected chi connectivity index (χ3v) is 3.83. The van der Waals surface area contributed by atoms with Crippen LogP contribution in [0.2, 0.25) is 0 Å². The standard InChI is InChI=1S/C13H10O5/c14-12-7-3-11-10(17-5-18-11)2-6(7)1-8-9(12)4-16-13(8)15/h2-3,8-9H,1,4-5H2/t8-,9+/m1/s1. The van der Waals surface area contributed by atoms with Crippen LogP contribution in [0.15, 0.2) is 12.1 Å². The van der Waals surface area contributed by atoms with Gasteiger partial charge in [0.25, 0.3) is 0 Å². The van der Waals surface area contributed by atoms with Gasteiger partial charge < -0.3 is 14.2 Å². The summed E-state index contributed by atoms with van der Waals surface area (Å²) in [6.07, 6.45) is 0.543. The molecule has 2 heterocycles. The summed E-state index contributed by atoms with van der Waals surface area (Å²) in [5.41, 5.74) is 1.49. The van der Waals surface area contributed by atoms with Crippen molar-refractivity contribution in [2.24, 2.45) is 11.8 Å². The number of esters is 1. The second-order valence-electron chi connectivity index (χ2n) is 4.77. The Morgan fingerprint density at radius 2 is 1.78 bits per heavy atom. The third kappa shape index (κ3) is 1.16. The molecule has 4 rings (SSSR count). The molecular weight excluding hydrogens is 236 g/mol. The summed E-state index contributed by atoms with van der Waals surface area (Å²) in [7, 11) is 0. The van der Waals surface area contributed by atoms with Crippen molar-refractivity contribution in [3.63, 3.8) is 0 Å². The number of benzene rings is 1. The number of Topliss-reactive ketones (excluding diaryl/α,β-unsaturated/α-hetero) is 1. The van der Waals surface area contributed by atoms with Crippen molar-refractivity contribution in [1.82, 2.24) is 0 Å². The SMILES string of the molecule is O=C1c2cc3c(cc2C[C@H]2C(=O)OC[C@H]12)OCO3. The van der Waals surface area contributed by atoms with Gasteiger partial charge in [-0.3, -0.25) is 9.59 Å². The number of carbonyl (C=O) groups excluding carboxylic acids is 2. The van der Waals surface area contributed by atoms with Gasteiger partial charge in [0.2, 0.25) is 6.79 Å². The molecule has 92 valence electrons. The number of hydrogen-bond acceptors (Lipinski definition) is 5. The van der Waals surface area contributed by atoms with Gasteiger partial charge in [-0.1, -0.05) is 0 Å². The van der Waals surface area contributed by atoms with E-state index in [1.807, 2.05) is 0 Å². The highest BCUT2D eigenvalue weighted by molar-refractivity contribution is 6.04. The average molecular weight is 246 g/mol. The van der Waals surface area contributed by atoms with Crippen LogP contribution in [-0.4, -0.2) is 25.2 Å². The molecule has 0 saturated carbocycles. The summed E-state index contributed by atoms with van der Waals surface area (Å²) in [6, 6.07) is 3.52. The van der Waals surface area contributed by atoms with Gasteiger partial charge in [0, 0.05) is 5.56 Å². The zero-order chi connectivity index (χ0) is 12.3. The number of carbonyl (C=O) groups is 2. The number of cyclic esters (lactones) is 1. The van der Waals surface area contributed by atoms with Crippen molar-refractivity contribution in [1.29, 1.82) is 0 Å². The summed E-state index contributed by atoms with van der Waals surface area (Å²) in [6.45, 7) is 0.386. The monoisotopic (exact) mass is 246 g/mol. The molecular formula is C13H10O5. The molecule has 3 aliphatic rings. The molecule has 1 fully saturated rings. The molecule has 2 aliphatic heterocycles. The molecule has 0 spiro atoms. The molecule has 18 heavy (non-hydrogen) atoms. The van der Waals surface area contributed by atoms with Crippen LogP contribution in [0.25, 0.3) is 0 Å². The smallest absolute Gasteiger partial charge is 0.310 e. The van der Waals surface area contributed by atoms with E-state index in [0.29, 0.717) is 23.5 Å². The van der Waals surface area contributed by atoms with E-state index in [1.165, 1.54) is 0 Å². The Bertz CT molecular complexity index is 577. The molecule has 5 nitrogen and oxygen atoms in total. The Balaban J connectivity index is 1.85. The van der Waals surface area contributed by atoms with Crippen LogP contribution < -0.4 is 9.47 Å². The van der Waals surface area contributed by atoms with Crippen molar-refractivity contribution in [3.05, 3.63) is 23.3 Å². The minimum absolute atomic E-state index is 0.0228. The van der Waals surface area contributed by atoms with Crippen LogP contribution in [0.3, 0.4) is 0 Å². The quantitative estimate of drug-likeness (QED) is 0.637. The molecule has 0 N–H and O–H groups in total. The first-order valence-corrected chi connectivity index (χ1v) is 5.87. The first-order chi connectivity index (χ1) is 8.74. The van der Waals surface area contributed by atoms with E-state index in [1.54, 1.807) is 12.1 Å². The lowest BCUT2D eigenvalue weighted by atomic mass is 9.76. The van der Waals surface area contributed by atoms with Crippen molar-refractivity contribution in [3.8, 4) is 11.5 Å². The number of ketones is 1. The van der Waals surface area contributed by atoms with E-state index >= 15 is 0 Å². The maximum absolute atomic E-state index is 12.3. The Morgan fingerprint density at radius 1 is 1.00 bits per heavy atom. The number of hydrogen-bond donors (Lipinski definition) is 0. The Labute approximate surface area is 103 Å². The summed E-state index contributed by atoms with van der Waals surface area (Å²) in [4.78, 5) is 23.9. The fraction of sp³-hybridized carbons (Fsp3) is 0.385. The van der Waals surface area contributed by atoms with Gasteiger partial charge >= 0.3 is 5.97 Å². The largest absolute Gasteiger partial charge is 0.465 e. The Kier molecular flexibility index (Phi) is 1.79. The normalized spacial score (nSPS) is 27.8. The van der Waals surface area contributed by atoms with Gasteiger partial charge in [-0.05, 0) is 24.1 Å². The molecule has 1 aromatic carbocycles. The lowest BCUT2D eigenvalue weighted by molar-refractivity contribution is -0.141. The van der Waals surface area contributed by atoms with Crippen LogP contribution in [0.5, 0.6) is 11.5 Å². The predicted octanol–water partition coefficient (Wildman–Crippen LogP) is 0.943. The van der Waals surface area contributed by atoms with Crippen LogP contribution in [0.4, 0.5) is 0 Å². The van der Waals surface area contributed by atoms with Crippen molar-refractivity contribution < 1.29 is 23.8 Å². The van der Waals surface area contributed by atoms with E-state index in [2.05, 4.69) is 0 Å². The molecule has 1 saturated heterocycles. The van der Waals surface area contributed by atoms with Gasteiger partial charge in [-0.15, -0.1) is 0 Å². The van der Waals surface area contributed by atoms with Crippen molar-refractivity contribution in [2.75, 3.05) is 13.4 Å². The van der Waals surface area contributed by atoms with Crippen molar-refractivity contribution in [2.45, 2.75) is 6.42 Å². The molecule has 0 radical (unpaired) electrons. The molecule has 0 amide bonds. The third-order valence-electron chi connectivity index (χ3n) is 3.83. The number of fused-ring (bicyclic) bond motifs is 3. The van der Waals surface area contributed by atoms with Crippen LogP contribution >= 0.6 is 0 Å². The van der Waals surface area contributed by atoms with Crippen LogP contribution in [0.1, 0.15) is 15.9 Å². The highest BCUT2D eigenvalue weighted by Crippen LogP contribution is 2.41. The molecule has 0 aromatic heterocycles. The molecule has 1 aliphatic carbocycles. The fourth-order valence-electron chi connectivity index (χ4n) is 2.86. The minimum Gasteiger partial charge on any atom is -0.465 e. The van der Waals surface area contributed by atoms with Crippen LogP contribution in [0, 0.1) is 11.8 Å². The van der Waals surface area contributed by atoms with E-state index in [4.69, 9.17) is 14.2 Å². The number of rotatable bonds is 0. The molecule has 0 bridgehead atoms. The molecule has 2 atom stereocenters. The second-order valence-corrected chi connectivity index (χ2v) is 4.77. The minimum atomic E-state index is -0.328. The zero-order valence-electron chi connectivity index (χ0n) is 9.47. The summed E-state index contributed by atoms with van der Waals surface area (Å²) < 4.78 is 15.5. The lowest BCUT2D eigenvalue weighted by Gasteiger charge is -2.23. The fourth-order valence-corrected chi connectivity index (χ4v) is 2.86. The maximum Gasteiger partial charge on any atom is 0.310 e. The lowest BCUT2D eigenvalue weighted by Crippen LogP contribution is -2.31. The first-order valence-electron chi connectivity index (χ1n) is 5.87. The first kappa shape index (κ1) is 9.94. The summed E-state index contributed by atoms with van der Waals surface area (Å²) >= 11 is 0. The predicted molar refractivity (Wildman–Crippen MR) is 58.5 cm³/mol. The van der Waals surface area contributed by atoms with E-state index in [9.17, 15) is 9.59 Å². The number of ether oxygens (including phenoxy) is 3. The van der Waals surface area contributed by atoms with Gasteiger partial charge in [-0.2, -0.15) is 0 Å². The van der Waals surface area contributed by atoms with Gasteiger partial charge in [0.1, 0.15) is 6.61 Å². The van der Waals surface area contributed by atoms with Gasteiger partial charge in [0.15, 0.2) is 17.3 Å². The van der Waals surface area contributed by atoms with Crippen molar-refractivity contribution >= 4 is 11.8 Å². The van der Waals surface area contributed by atoms with Gasteiger partial charge in [0.05, 0.1) is 11.8 Å². The van der Waals surface area contributed by atoms with Crippen LogP contribution in [-0.2, 0) is 16.0 Å². The Morgan fingerprint density at radius 3 is 2.61 bits per heavy atom. The zero-order valence-corrected chi connectivity index (χ0v) is 9.47. The highest BCUT2D eigenvalue weighted by atomic mass is 16.7. The molecule has 1 aromatic rings. The second kappa shape index (κ2) is 3.25. The van der Waals surface area contributed by atoms with E-state index in [-0.39, 0.29) is 37.0 Å². The maximum atomic E-state index is 12.3. The van der Waals surface area contributed by atoms with E-state index in [0.717, 1.165) is 5.56 Å². The highest BCUT2D eigenvalue weighted by Gasteiger charge is 2.46. The molecule has 0 unspecified atom stereocenters. The topological polar surface area (TPSA) is 61.8 Å².